The first-order valence-electron chi connectivity index (χ1n) is 6.86. The third-order valence-electron chi connectivity index (χ3n) is 3.48. The summed E-state index contributed by atoms with van der Waals surface area (Å²) in [7, 11) is -3.93. The highest BCUT2D eigenvalue weighted by molar-refractivity contribution is 7.89. The molecule has 1 aliphatic rings. The van der Waals surface area contributed by atoms with Crippen LogP contribution in [-0.4, -0.2) is 31.0 Å². The number of cyclic esters (lactones) is 1. The van der Waals surface area contributed by atoms with Crippen LogP contribution in [0.1, 0.15) is 25.3 Å². The molecule has 6 heteroatoms. The van der Waals surface area contributed by atoms with E-state index >= 15 is 0 Å². The largest absolute Gasteiger partial charge is 0.443 e. The van der Waals surface area contributed by atoms with Crippen molar-refractivity contribution in [3.8, 4) is 0 Å². The second-order valence-electron chi connectivity index (χ2n) is 5.05. The molecule has 114 valence electrons. The van der Waals surface area contributed by atoms with E-state index in [4.69, 9.17) is 4.74 Å². The fraction of sp³-hybridized carbons (Fsp3) is 0.400. The zero-order chi connectivity index (χ0) is 15.6. The minimum atomic E-state index is -3.93. The topological polar surface area (TPSA) is 63.7 Å². The molecule has 21 heavy (non-hydrogen) atoms. The minimum Gasteiger partial charge on any atom is -0.443 e. The lowest BCUT2D eigenvalue weighted by Crippen LogP contribution is -2.39. The number of benzene rings is 1. The Balaban J connectivity index is 2.40. The molecule has 1 saturated heterocycles. The highest BCUT2D eigenvalue weighted by atomic mass is 32.2. The molecule has 0 bridgehead atoms. The number of carbonyl (C=O) groups is 1. The lowest BCUT2D eigenvalue weighted by molar-refractivity contribution is 0.129. The van der Waals surface area contributed by atoms with Crippen molar-refractivity contribution in [1.29, 1.82) is 0 Å². The molecule has 0 spiro atoms. The van der Waals surface area contributed by atoms with Crippen LogP contribution in [0.25, 0.3) is 0 Å². The van der Waals surface area contributed by atoms with Crippen LogP contribution in [0.3, 0.4) is 0 Å². The maximum Gasteiger partial charge on any atom is 0.424 e. The Morgan fingerprint density at radius 3 is 2.48 bits per heavy atom. The maximum absolute atomic E-state index is 12.7. The van der Waals surface area contributed by atoms with Gasteiger partial charge in [0.1, 0.15) is 12.1 Å². The molecule has 0 aromatic heterocycles. The summed E-state index contributed by atoms with van der Waals surface area (Å²) < 4.78 is 31.3. The predicted molar refractivity (Wildman–Crippen MR) is 79.4 cm³/mol. The molecule has 1 aromatic carbocycles. The van der Waals surface area contributed by atoms with Gasteiger partial charge >= 0.3 is 6.09 Å². The summed E-state index contributed by atoms with van der Waals surface area (Å²) >= 11 is 0. The lowest BCUT2D eigenvalue weighted by atomic mass is 10.1. The van der Waals surface area contributed by atoms with E-state index in [0.29, 0.717) is 6.42 Å². The smallest absolute Gasteiger partial charge is 0.424 e. The van der Waals surface area contributed by atoms with Crippen molar-refractivity contribution in [3.05, 3.63) is 42.5 Å². The highest BCUT2D eigenvalue weighted by Crippen LogP contribution is 2.30. The molecule has 1 amide bonds. The van der Waals surface area contributed by atoms with Crippen LogP contribution < -0.4 is 0 Å². The number of aryl methyl sites for hydroxylation is 1. The summed E-state index contributed by atoms with van der Waals surface area (Å²) in [5, 5.41) is 0. The number of carbonyl (C=O) groups excluding carboxylic acids is 1. The fourth-order valence-corrected chi connectivity index (χ4v) is 3.86. The molecule has 0 saturated carbocycles. The van der Waals surface area contributed by atoms with Gasteiger partial charge in [-0.25, -0.2) is 13.2 Å². The summed E-state index contributed by atoms with van der Waals surface area (Å²) in [6.07, 6.45) is 1.54. The number of ether oxygens (including phenoxy) is 1. The minimum absolute atomic E-state index is 0.0778. The number of amides is 1. The number of hydrogen-bond acceptors (Lipinski definition) is 4. The molecule has 1 aliphatic heterocycles. The molecule has 0 unspecified atom stereocenters. The first-order chi connectivity index (χ1) is 9.91. The van der Waals surface area contributed by atoms with E-state index in [-0.39, 0.29) is 4.90 Å². The van der Waals surface area contributed by atoms with Gasteiger partial charge in [0.2, 0.25) is 0 Å². The van der Waals surface area contributed by atoms with Gasteiger partial charge in [-0.05, 0) is 25.5 Å². The Morgan fingerprint density at radius 1 is 1.33 bits per heavy atom. The van der Waals surface area contributed by atoms with Gasteiger partial charge in [-0.15, -0.1) is 6.58 Å². The summed E-state index contributed by atoms with van der Waals surface area (Å²) in [4.78, 5) is 12.1. The normalized spacial score (nSPS) is 22.2. The molecule has 2 rings (SSSR count). The third kappa shape index (κ3) is 2.81. The Labute approximate surface area is 125 Å². The van der Waals surface area contributed by atoms with Gasteiger partial charge in [-0.3, -0.25) is 0 Å². The van der Waals surface area contributed by atoms with E-state index in [1.54, 1.807) is 12.1 Å². The first kappa shape index (κ1) is 15.6. The molecular formula is C15H19NO4S. The van der Waals surface area contributed by atoms with Crippen molar-refractivity contribution in [3.63, 3.8) is 0 Å². The number of rotatable bonds is 5. The zero-order valence-electron chi connectivity index (χ0n) is 12.2. The van der Waals surface area contributed by atoms with Crippen molar-refractivity contribution in [2.45, 2.75) is 43.7 Å². The van der Waals surface area contributed by atoms with Crippen LogP contribution in [0.15, 0.2) is 41.8 Å². The number of hydrogen-bond donors (Lipinski definition) is 0. The molecular weight excluding hydrogens is 290 g/mol. The molecule has 1 aromatic rings. The van der Waals surface area contributed by atoms with E-state index in [2.05, 4.69) is 6.58 Å². The van der Waals surface area contributed by atoms with E-state index in [9.17, 15) is 13.2 Å². The Kier molecular flexibility index (Phi) is 4.37. The van der Waals surface area contributed by atoms with Gasteiger partial charge in [0.05, 0.1) is 4.90 Å². The first-order valence-corrected chi connectivity index (χ1v) is 8.30. The van der Waals surface area contributed by atoms with Crippen molar-refractivity contribution in [1.82, 2.24) is 4.31 Å². The van der Waals surface area contributed by atoms with Crippen molar-refractivity contribution in [2.24, 2.45) is 0 Å². The quantitative estimate of drug-likeness (QED) is 0.785. The van der Waals surface area contributed by atoms with Crippen molar-refractivity contribution < 1.29 is 17.9 Å². The van der Waals surface area contributed by atoms with Crippen LogP contribution in [0.4, 0.5) is 4.79 Å². The molecule has 1 fully saturated rings. The van der Waals surface area contributed by atoms with Gasteiger partial charge < -0.3 is 4.74 Å². The van der Waals surface area contributed by atoms with Gasteiger partial charge in [0.15, 0.2) is 0 Å². The average Bonchev–Trinajstić information content (AvgIpc) is 2.76. The SMILES string of the molecule is C=C[C@@H]1[C@H](CCC)OC(=O)N1S(=O)(=O)c1ccc(C)cc1. The second kappa shape index (κ2) is 5.89. The van der Waals surface area contributed by atoms with Crippen LogP contribution in [0.5, 0.6) is 0 Å². The van der Waals surface area contributed by atoms with E-state index in [1.807, 2.05) is 13.8 Å². The fourth-order valence-electron chi connectivity index (χ4n) is 2.37. The van der Waals surface area contributed by atoms with Gasteiger partial charge in [-0.2, -0.15) is 4.31 Å². The van der Waals surface area contributed by atoms with E-state index < -0.39 is 28.3 Å². The van der Waals surface area contributed by atoms with E-state index in [1.165, 1.54) is 18.2 Å². The van der Waals surface area contributed by atoms with Gasteiger partial charge in [-0.1, -0.05) is 37.1 Å². The zero-order valence-corrected chi connectivity index (χ0v) is 13.0. The molecule has 0 radical (unpaired) electrons. The van der Waals surface area contributed by atoms with Gasteiger partial charge in [0.25, 0.3) is 10.0 Å². The number of nitrogens with zero attached hydrogens (tertiary/aromatic N) is 1. The van der Waals surface area contributed by atoms with Crippen LogP contribution in [-0.2, 0) is 14.8 Å². The summed E-state index contributed by atoms with van der Waals surface area (Å²) in [5.74, 6) is 0. The van der Waals surface area contributed by atoms with Crippen LogP contribution >= 0.6 is 0 Å². The monoisotopic (exact) mass is 309 g/mol. The lowest BCUT2D eigenvalue weighted by Gasteiger charge is -2.21. The Bertz CT molecular complexity index is 636. The Morgan fingerprint density at radius 2 is 1.95 bits per heavy atom. The predicted octanol–water partition coefficient (Wildman–Crippen LogP) is 2.86. The summed E-state index contributed by atoms with van der Waals surface area (Å²) in [6.45, 7) is 7.46. The summed E-state index contributed by atoms with van der Waals surface area (Å²) in [6, 6.07) is 5.71. The van der Waals surface area contributed by atoms with Crippen molar-refractivity contribution >= 4 is 16.1 Å². The number of sulfonamides is 1. The Hall–Kier alpha value is -1.82. The molecule has 5 nitrogen and oxygen atoms in total. The highest BCUT2D eigenvalue weighted by Gasteiger charge is 2.46. The second-order valence-corrected chi connectivity index (χ2v) is 6.87. The third-order valence-corrected chi connectivity index (χ3v) is 5.25. The van der Waals surface area contributed by atoms with Crippen molar-refractivity contribution in [2.75, 3.05) is 0 Å². The molecule has 0 N–H and O–H groups in total. The maximum atomic E-state index is 12.7. The molecule has 1 heterocycles. The van der Waals surface area contributed by atoms with E-state index in [0.717, 1.165) is 16.3 Å². The van der Waals surface area contributed by atoms with Crippen LogP contribution in [0, 0.1) is 6.92 Å². The van der Waals surface area contributed by atoms with Gasteiger partial charge in [0, 0.05) is 0 Å². The molecule has 0 aliphatic carbocycles. The molecule has 2 atom stereocenters. The summed E-state index contributed by atoms with van der Waals surface area (Å²) in [5.41, 5.74) is 0.946. The average molecular weight is 309 g/mol. The van der Waals surface area contributed by atoms with Crippen LogP contribution in [0.2, 0.25) is 0 Å². The standard InChI is InChI=1S/C15H19NO4S/c1-4-6-14-13(5-2)16(15(17)20-14)21(18,19)12-9-7-11(3)8-10-12/h5,7-10,13-14H,2,4,6H2,1,3H3/t13-,14+/m1/s1.